The van der Waals surface area contributed by atoms with Gasteiger partial charge in [0, 0.05) is 13.1 Å². The summed E-state index contributed by atoms with van der Waals surface area (Å²) in [4.78, 5) is 15.0. The standard InChI is InChI=1S/C15H25N5O/c1-10(2)21-15-18-13(16)17-14(19-15)20-8-7-11-5-3-4-6-12(11)9-20/h10-12H,3-9H2,1-2H3,(H2,16,17,18,19). The van der Waals surface area contributed by atoms with Crippen molar-refractivity contribution in [2.24, 2.45) is 11.8 Å². The van der Waals surface area contributed by atoms with Crippen molar-refractivity contribution >= 4 is 11.9 Å². The molecule has 6 heteroatoms. The molecule has 2 N–H and O–H groups in total. The Morgan fingerprint density at radius 1 is 1.10 bits per heavy atom. The minimum absolute atomic E-state index is 0.0312. The summed E-state index contributed by atoms with van der Waals surface area (Å²) >= 11 is 0. The summed E-state index contributed by atoms with van der Waals surface area (Å²) in [6.07, 6.45) is 6.74. The molecule has 1 aliphatic carbocycles. The molecule has 116 valence electrons. The van der Waals surface area contributed by atoms with Crippen LogP contribution >= 0.6 is 0 Å². The van der Waals surface area contributed by atoms with Crippen LogP contribution in [0.4, 0.5) is 11.9 Å². The smallest absolute Gasteiger partial charge is 0.323 e. The first-order valence-corrected chi connectivity index (χ1v) is 8.05. The number of nitrogens with two attached hydrogens (primary N) is 1. The molecule has 21 heavy (non-hydrogen) atoms. The highest BCUT2D eigenvalue weighted by Crippen LogP contribution is 2.37. The predicted molar refractivity (Wildman–Crippen MR) is 82.3 cm³/mol. The van der Waals surface area contributed by atoms with Crippen LogP contribution in [-0.2, 0) is 0 Å². The van der Waals surface area contributed by atoms with Gasteiger partial charge in [0.05, 0.1) is 6.10 Å². The number of piperidine rings is 1. The van der Waals surface area contributed by atoms with Crippen molar-refractivity contribution < 1.29 is 4.74 Å². The molecule has 2 heterocycles. The molecule has 2 aliphatic rings. The first-order chi connectivity index (χ1) is 10.1. The third-order valence-electron chi connectivity index (χ3n) is 4.54. The van der Waals surface area contributed by atoms with E-state index in [1.165, 1.54) is 32.1 Å². The summed E-state index contributed by atoms with van der Waals surface area (Å²) in [6.45, 7) is 5.95. The average Bonchev–Trinajstić information content (AvgIpc) is 2.45. The van der Waals surface area contributed by atoms with Gasteiger partial charge in [-0.15, -0.1) is 0 Å². The van der Waals surface area contributed by atoms with Gasteiger partial charge in [-0.2, -0.15) is 15.0 Å². The third kappa shape index (κ3) is 3.36. The minimum Gasteiger partial charge on any atom is -0.461 e. The molecule has 0 aromatic carbocycles. The maximum Gasteiger partial charge on any atom is 0.323 e. The fourth-order valence-corrected chi connectivity index (χ4v) is 3.55. The van der Waals surface area contributed by atoms with Gasteiger partial charge in [-0.05, 0) is 38.5 Å². The molecule has 6 nitrogen and oxygen atoms in total. The van der Waals surface area contributed by atoms with E-state index in [0.717, 1.165) is 24.9 Å². The topological polar surface area (TPSA) is 77.2 Å². The molecule has 3 rings (SSSR count). The number of aromatic nitrogens is 3. The van der Waals surface area contributed by atoms with Crippen LogP contribution in [0, 0.1) is 11.8 Å². The number of fused-ring (bicyclic) bond motifs is 1. The molecule has 1 aliphatic heterocycles. The van der Waals surface area contributed by atoms with Crippen molar-refractivity contribution in [3.8, 4) is 6.01 Å². The van der Waals surface area contributed by atoms with E-state index in [2.05, 4.69) is 19.9 Å². The fourth-order valence-electron chi connectivity index (χ4n) is 3.55. The van der Waals surface area contributed by atoms with E-state index in [1.54, 1.807) is 0 Å². The van der Waals surface area contributed by atoms with E-state index >= 15 is 0 Å². The Bertz CT molecular complexity index is 493. The van der Waals surface area contributed by atoms with Crippen LogP contribution in [0.3, 0.4) is 0 Å². The average molecular weight is 291 g/mol. The van der Waals surface area contributed by atoms with Gasteiger partial charge < -0.3 is 15.4 Å². The number of nitrogen functional groups attached to an aromatic ring is 1. The zero-order valence-corrected chi connectivity index (χ0v) is 13.0. The highest BCUT2D eigenvalue weighted by Gasteiger charge is 2.32. The molecule has 1 saturated carbocycles. The molecule has 0 amide bonds. The van der Waals surface area contributed by atoms with Gasteiger partial charge in [0.2, 0.25) is 11.9 Å². The Labute approximate surface area is 126 Å². The molecular formula is C15H25N5O. The number of nitrogens with zero attached hydrogens (tertiary/aromatic N) is 4. The van der Waals surface area contributed by atoms with E-state index in [-0.39, 0.29) is 12.1 Å². The van der Waals surface area contributed by atoms with Gasteiger partial charge in [-0.3, -0.25) is 0 Å². The third-order valence-corrected chi connectivity index (χ3v) is 4.54. The van der Waals surface area contributed by atoms with Crippen LogP contribution in [0.5, 0.6) is 6.01 Å². The van der Waals surface area contributed by atoms with Gasteiger partial charge in [-0.25, -0.2) is 0 Å². The normalized spacial score (nSPS) is 25.8. The fraction of sp³-hybridized carbons (Fsp3) is 0.800. The van der Waals surface area contributed by atoms with Crippen molar-refractivity contribution in [1.82, 2.24) is 15.0 Å². The summed E-state index contributed by atoms with van der Waals surface area (Å²) in [6, 6.07) is 0.332. The SMILES string of the molecule is CC(C)Oc1nc(N)nc(N2CCC3CCCCC3C2)n1. The summed E-state index contributed by atoms with van der Waals surface area (Å²) < 4.78 is 5.56. The van der Waals surface area contributed by atoms with Gasteiger partial charge in [0.15, 0.2) is 0 Å². The summed E-state index contributed by atoms with van der Waals surface area (Å²) in [5.41, 5.74) is 5.80. The van der Waals surface area contributed by atoms with Gasteiger partial charge in [0.25, 0.3) is 0 Å². The van der Waals surface area contributed by atoms with Crippen molar-refractivity contribution in [3.05, 3.63) is 0 Å². The van der Waals surface area contributed by atoms with E-state index in [9.17, 15) is 0 Å². The molecule has 2 unspecified atom stereocenters. The Morgan fingerprint density at radius 3 is 2.62 bits per heavy atom. The number of hydrogen-bond donors (Lipinski definition) is 1. The van der Waals surface area contributed by atoms with Crippen LogP contribution in [0.2, 0.25) is 0 Å². The number of rotatable bonds is 3. The number of hydrogen-bond acceptors (Lipinski definition) is 6. The lowest BCUT2D eigenvalue weighted by Gasteiger charge is -2.41. The van der Waals surface area contributed by atoms with Crippen LogP contribution in [0.25, 0.3) is 0 Å². The predicted octanol–water partition coefficient (Wildman–Crippen LogP) is 2.26. The Kier molecular flexibility index (Phi) is 4.12. The van der Waals surface area contributed by atoms with E-state index in [4.69, 9.17) is 10.5 Å². The largest absolute Gasteiger partial charge is 0.461 e. The monoisotopic (exact) mass is 291 g/mol. The van der Waals surface area contributed by atoms with Gasteiger partial charge in [0.1, 0.15) is 0 Å². The molecule has 1 aromatic rings. The molecule has 1 saturated heterocycles. The Morgan fingerprint density at radius 2 is 1.86 bits per heavy atom. The molecule has 1 aromatic heterocycles. The number of anilines is 2. The minimum atomic E-state index is 0.0312. The quantitative estimate of drug-likeness (QED) is 0.920. The molecular weight excluding hydrogens is 266 g/mol. The van der Waals surface area contributed by atoms with Crippen LogP contribution in [0.15, 0.2) is 0 Å². The summed E-state index contributed by atoms with van der Waals surface area (Å²) in [7, 11) is 0. The lowest BCUT2D eigenvalue weighted by molar-refractivity contribution is 0.200. The maximum atomic E-state index is 5.80. The van der Waals surface area contributed by atoms with Crippen molar-refractivity contribution in [3.63, 3.8) is 0 Å². The summed E-state index contributed by atoms with van der Waals surface area (Å²) in [5.74, 6) is 2.57. The van der Waals surface area contributed by atoms with Gasteiger partial charge in [-0.1, -0.05) is 19.3 Å². The van der Waals surface area contributed by atoms with Gasteiger partial charge >= 0.3 is 6.01 Å². The van der Waals surface area contributed by atoms with E-state index in [0.29, 0.717) is 12.0 Å². The highest BCUT2D eigenvalue weighted by atomic mass is 16.5. The summed E-state index contributed by atoms with van der Waals surface area (Å²) in [5, 5.41) is 0. The zero-order valence-electron chi connectivity index (χ0n) is 13.0. The lowest BCUT2D eigenvalue weighted by atomic mass is 9.75. The molecule has 0 spiro atoms. The highest BCUT2D eigenvalue weighted by molar-refractivity contribution is 5.36. The van der Waals surface area contributed by atoms with Crippen LogP contribution < -0.4 is 15.4 Å². The van der Waals surface area contributed by atoms with Crippen LogP contribution in [-0.4, -0.2) is 34.1 Å². The zero-order chi connectivity index (χ0) is 14.8. The van der Waals surface area contributed by atoms with Crippen molar-refractivity contribution in [1.29, 1.82) is 0 Å². The first kappa shape index (κ1) is 14.4. The molecule has 2 atom stereocenters. The van der Waals surface area contributed by atoms with Crippen LogP contribution in [0.1, 0.15) is 46.0 Å². The van der Waals surface area contributed by atoms with Crippen molar-refractivity contribution in [2.45, 2.75) is 52.1 Å². The Hall–Kier alpha value is -1.59. The van der Waals surface area contributed by atoms with E-state index < -0.39 is 0 Å². The Balaban J connectivity index is 1.75. The molecule has 0 bridgehead atoms. The lowest BCUT2D eigenvalue weighted by Crippen LogP contribution is -2.42. The molecule has 2 fully saturated rings. The maximum absolute atomic E-state index is 5.80. The second-order valence-corrected chi connectivity index (χ2v) is 6.48. The van der Waals surface area contributed by atoms with Crippen molar-refractivity contribution in [2.75, 3.05) is 23.7 Å². The number of ether oxygens (including phenoxy) is 1. The molecule has 0 radical (unpaired) electrons. The first-order valence-electron chi connectivity index (χ1n) is 8.05. The second-order valence-electron chi connectivity index (χ2n) is 6.48. The van der Waals surface area contributed by atoms with E-state index in [1.807, 2.05) is 13.8 Å². The second kappa shape index (κ2) is 6.03.